The summed E-state index contributed by atoms with van der Waals surface area (Å²) in [5, 5.41) is 13.9. The number of phenolic OH excluding ortho intramolecular Hbond substituents is 1. The molecule has 0 radical (unpaired) electrons. The topological polar surface area (TPSA) is 115 Å². The lowest BCUT2D eigenvalue weighted by atomic mass is 10.2. The van der Waals surface area contributed by atoms with Crippen LogP contribution in [0, 0.1) is 6.92 Å². The van der Waals surface area contributed by atoms with Crippen LogP contribution in [0.5, 0.6) is 11.5 Å². The van der Waals surface area contributed by atoms with Gasteiger partial charge in [-0.2, -0.15) is 5.10 Å². The van der Waals surface area contributed by atoms with E-state index in [0.29, 0.717) is 28.0 Å². The number of rotatable bonds is 6. The Bertz CT molecular complexity index is 1110. The molecule has 0 saturated heterocycles. The quantitative estimate of drug-likeness (QED) is 0.485. The van der Waals surface area contributed by atoms with E-state index in [1.807, 2.05) is 0 Å². The average molecular weight is 382 g/mol. The van der Waals surface area contributed by atoms with Crippen molar-refractivity contribution in [3.63, 3.8) is 0 Å². The Balaban J connectivity index is 1.65. The number of aromatic hydroxyl groups is 1. The molecule has 9 nitrogen and oxygen atoms in total. The lowest BCUT2D eigenvalue weighted by Crippen LogP contribution is -2.35. The predicted molar refractivity (Wildman–Crippen MR) is 103 cm³/mol. The summed E-state index contributed by atoms with van der Waals surface area (Å²) < 4.78 is 6.03. The van der Waals surface area contributed by atoms with Crippen molar-refractivity contribution < 1.29 is 19.5 Å². The molecule has 2 N–H and O–H groups in total. The molecule has 144 valence electrons. The fraction of sp³-hybridized carbons (Fsp3) is 0.158. The standard InChI is InChI=1S/C19H18N4O5/c1-12-21-16-6-4-3-5-15(16)19(26)23(12)28-11-18(25)22-20-10-13-9-14(27-2)7-8-17(13)24/h3-10,24H,11H2,1-2H3,(H,22,25)/b20-10+. The van der Waals surface area contributed by atoms with Crippen LogP contribution in [0.1, 0.15) is 11.4 Å². The number of aryl methyl sites for hydroxylation is 1. The molecule has 0 bridgehead atoms. The lowest BCUT2D eigenvalue weighted by Gasteiger charge is -2.11. The van der Waals surface area contributed by atoms with Crippen LogP contribution in [0.25, 0.3) is 10.9 Å². The largest absolute Gasteiger partial charge is 0.507 e. The van der Waals surface area contributed by atoms with E-state index in [1.165, 1.54) is 19.4 Å². The number of phenols is 1. The summed E-state index contributed by atoms with van der Waals surface area (Å²) >= 11 is 0. The molecule has 0 saturated carbocycles. The minimum absolute atomic E-state index is 0.0144. The van der Waals surface area contributed by atoms with Gasteiger partial charge in [0.1, 0.15) is 17.3 Å². The first-order chi connectivity index (χ1) is 13.5. The van der Waals surface area contributed by atoms with Gasteiger partial charge in [-0.25, -0.2) is 10.4 Å². The molecule has 0 aliphatic rings. The molecule has 0 aliphatic heterocycles. The third-order valence-corrected chi connectivity index (χ3v) is 3.85. The highest BCUT2D eigenvalue weighted by Crippen LogP contribution is 2.20. The smallest absolute Gasteiger partial charge is 0.294 e. The maximum Gasteiger partial charge on any atom is 0.294 e. The summed E-state index contributed by atoms with van der Waals surface area (Å²) in [5.74, 6) is 0.256. The van der Waals surface area contributed by atoms with Crippen LogP contribution in [-0.2, 0) is 4.79 Å². The lowest BCUT2D eigenvalue weighted by molar-refractivity contribution is -0.126. The van der Waals surface area contributed by atoms with Gasteiger partial charge >= 0.3 is 0 Å². The highest BCUT2D eigenvalue weighted by atomic mass is 16.7. The highest BCUT2D eigenvalue weighted by molar-refractivity contribution is 5.85. The van der Waals surface area contributed by atoms with Gasteiger partial charge in [-0.3, -0.25) is 9.59 Å². The molecule has 28 heavy (non-hydrogen) atoms. The highest BCUT2D eigenvalue weighted by Gasteiger charge is 2.10. The summed E-state index contributed by atoms with van der Waals surface area (Å²) in [4.78, 5) is 33.9. The van der Waals surface area contributed by atoms with E-state index < -0.39 is 18.1 Å². The number of para-hydroxylation sites is 1. The number of hydrogen-bond donors (Lipinski definition) is 2. The van der Waals surface area contributed by atoms with Crippen molar-refractivity contribution in [3.8, 4) is 11.5 Å². The fourth-order valence-electron chi connectivity index (χ4n) is 2.47. The monoisotopic (exact) mass is 382 g/mol. The molecular weight excluding hydrogens is 364 g/mol. The Kier molecular flexibility index (Phi) is 5.54. The number of fused-ring (bicyclic) bond motifs is 1. The molecule has 1 aromatic heterocycles. The number of aromatic nitrogens is 2. The number of hydrogen-bond acceptors (Lipinski definition) is 7. The van der Waals surface area contributed by atoms with E-state index in [0.717, 1.165) is 4.73 Å². The zero-order valence-electron chi connectivity index (χ0n) is 15.2. The Hall–Kier alpha value is -3.88. The van der Waals surface area contributed by atoms with Gasteiger partial charge < -0.3 is 14.7 Å². The van der Waals surface area contributed by atoms with E-state index in [4.69, 9.17) is 9.57 Å². The third kappa shape index (κ3) is 4.09. The molecule has 9 heteroatoms. The average Bonchev–Trinajstić information content (AvgIpc) is 2.69. The number of benzene rings is 2. The summed E-state index contributed by atoms with van der Waals surface area (Å²) in [7, 11) is 1.50. The summed E-state index contributed by atoms with van der Waals surface area (Å²) in [5.41, 5.74) is 2.78. The van der Waals surface area contributed by atoms with Gasteiger partial charge in [-0.05, 0) is 37.3 Å². The minimum Gasteiger partial charge on any atom is -0.507 e. The normalized spacial score (nSPS) is 10.9. The third-order valence-electron chi connectivity index (χ3n) is 3.85. The Morgan fingerprint density at radius 1 is 1.32 bits per heavy atom. The number of methoxy groups -OCH3 is 1. The molecule has 0 fully saturated rings. The zero-order valence-corrected chi connectivity index (χ0v) is 15.2. The van der Waals surface area contributed by atoms with E-state index in [2.05, 4.69) is 15.5 Å². The van der Waals surface area contributed by atoms with E-state index in [-0.39, 0.29) is 5.75 Å². The molecule has 3 aromatic rings. The molecule has 3 rings (SSSR count). The maximum atomic E-state index is 12.5. The van der Waals surface area contributed by atoms with Gasteiger partial charge in [0.25, 0.3) is 11.5 Å². The molecule has 2 aromatic carbocycles. The zero-order chi connectivity index (χ0) is 20.1. The Morgan fingerprint density at radius 2 is 2.11 bits per heavy atom. The van der Waals surface area contributed by atoms with Crippen LogP contribution in [0.15, 0.2) is 52.4 Å². The first kappa shape index (κ1) is 18.9. The maximum absolute atomic E-state index is 12.5. The Morgan fingerprint density at radius 3 is 2.89 bits per heavy atom. The summed E-state index contributed by atoms with van der Waals surface area (Å²) in [6, 6.07) is 11.5. The van der Waals surface area contributed by atoms with Crippen LogP contribution < -0.4 is 20.6 Å². The SMILES string of the molecule is COc1ccc(O)c(/C=N/NC(=O)COn2c(C)nc3ccccc3c2=O)c1. The van der Waals surface area contributed by atoms with Crippen molar-refractivity contribution in [2.75, 3.05) is 13.7 Å². The van der Waals surface area contributed by atoms with Gasteiger partial charge in [0.2, 0.25) is 0 Å². The van der Waals surface area contributed by atoms with Gasteiger partial charge in [0.05, 0.1) is 24.2 Å². The van der Waals surface area contributed by atoms with E-state index in [9.17, 15) is 14.7 Å². The first-order valence-electron chi connectivity index (χ1n) is 8.30. The molecule has 1 heterocycles. The van der Waals surface area contributed by atoms with Crippen LogP contribution in [0.3, 0.4) is 0 Å². The Labute approximate surface area is 159 Å². The minimum atomic E-state index is -0.585. The second-order valence-electron chi connectivity index (χ2n) is 5.77. The van der Waals surface area contributed by atoms with Crippen LogP contribution in [0.2, 0.25) is 0 Å². The molecular formula is C19H18N4O5. The second-order valence-corrected chi connectivity index (χ2v) is 5.77. The van der Waals surface area contributed by atoms with Gasteiger partial charge in [0, 0.05) is 5.56 Å². The number of carbonyl (C=O) groups is 1. The molecule has 1 amide bonds. The fourth-order valence-corrected chi connectivity index (χ4v) is 2.47. The van der Waals surface area contributed by atoms with E-state index in [1.54, 1.807) is 43.3 Å². The summed E-state index contributed by atoms with van der Waals surface area (Å²) in [6.45, 7) is 1.16. The number of nitrogens with zero attached hydrogens (tertiary/aromatic N) is 3. The van der Waals surface area contributed by atoms with Crippen molar-refractivity contribution >= 4 is 23.0 Å². The first-order valence-corrected chi connectivity index (χ1v) is 8.30. The van der Waals surface area contributed by atoms with Crippen LogP contribution in [0.4, 0.5) is 0 Å². The number of ether oxygens (including phenoxy) is 1. The molecule has 0 spiro atoms. The predicted octanol–water partition coefficient (Wildman–Crippen LogP) is 0.998. The molecule has 0 unspecified atom stereocenters. The second kappa shape index (κ2) is 8.21. The van der Waals surface area contributed by atoms with Crippen molar-refractivity contribution in [3.05, 3.63) is 64.2 Å². The van der Waals surface area contributed by atoms with E-state index >= 15 is 0 Å². The van der Waals surface area contributed by atoms with Crippen molar-refractivity contribution in [1.82, 2.24) is 15.1 Å². The number of nitrogens with one attached hydrogen (secondary N) is 1. The van der Waals surface area contributed by atoms with Crippen LogP contribution in [-0.4, -0.2) is 40.7 Å². The summed E-state index contributed by atoms with van der Waals surface area (Å²) in [6.07, 6.45) is 1.27. The van der Waals surface area contributed by atoms with Gasteiger partial charge in [-0.15, -0.1) is 4.73 Å². The van der Waals surface area contributed by atoms with Crippen LogP contribution >= 0.6 is 0 Å². The number of carbonyl (C=O) groups excluding carboxylic acids is 1. The number of hydrazone groups is 1. The molecule has 0 aliphatic carbocycles. The van der Waals surface area contributed by atoms with Crippen molar-refractivity contribution in [2.45, 2.75) is 6.92 Å². The van der Waals surface area contributed by atoms with Gasteiger partial charge in [0.15, 0.2) is 6.61 Å². The van der Waals surface area contributed by atoms with Crippen molar-refractivity contribution in [2.24, 2.45) is 5.10 Å². The number of amides is 1. The van der Waals surface area contributed by atoms with Crippen molar-refractivity contribution in [1.29, 1.82) is 0 Å². The molecule has 0 atom stereocenters. The van der Waals surface area contributed by atoms with Gasteiger partial charge in [-0.1, -0.05) is 12.1 Å².